The van der Waals surface area contributed by atoms with Crippen LogP contribution in [-0.4, -0.2) is 38.5 Å². The molecule has 1 amide bonds. The Labute approximate surface area is 86.1 Å². The summed E-state index contributed by atoms with van der Waals surface area (Å²) in [6, 6.07) is -0.0486. The number of nitrogens with zero attached hydrogens (tertiary/aromatic N) is 3. The predicted molar refractivity (Wildman–Crippen MR) is 50.8 cm³/mol. The molecule has 0 spiro atoms. The topological polar surface area (TPSA) is 75.4 Å². The highest BCUT2D eigenvalue weighted by Crippen LogP contribution is 2.22. The van der Waals surface area contributed by atoms with Crippen LogP contribution in [0, 0.1) is 0 Å². The molecule has 0 unspecified atom stereocenters. The van der Waals surface area contributed by atoms with Gasteiger partial charge in [0, 0.05) is 6.54 Å². The zero-order valence-electron chi connectivity index (χ0n) is 8.25. The molecule has 1 aliphatic rings. The fourth-order valence-electron chi connectivity index (χ4n) is 1.93. The minimum Gasteiger partial charge on any atom is -0.465 e. The summed E-state index contributed by atoms with van der Waals surface area (Å²) in [4.78, 5) is 26.8. The van der Waals surface area contributed by atoms with Gasteiger partial charge in [0.25, 0.3) is 0 Å². The summed E-state index contributed by atoms with van der Waals surface area (Å²) in [6.07, 6.45) is 1.30. The number of carboxylic acid groups (broad SMARTS) is 1. The Kier molecular flexibility index (Phi) is 2.18. The molecule has 2 rings (SSSR count). The van der Waals surface area contributed by atoms with Crippen molar-refractivity contribution < 1.29 is 14.7 Å². The molecule has 2 heterocycles. The molecule has 0 saturated heterocycles. The Balaban J connectivity index is 2.37. The summed E-state index contributed by atoms with van der Waals surface area (Å²) in [5.41, 5.74) is 0.762. The highest BCUT2D eigenvalue weighted by Gasteiger charge is 2.27. The smallest absolute Gasteiger partial charge is 0.407 e. The highest BCUT2D eigenvalue weighted by atomic mass is 16.4. The fraction of sp³-hybridized carbons (Fsp3) is 0.444. The quantitative estimate of drug-likeness (QED) is 0.692. The number of aromatic nitrogens is 2. The number of hydrogen-bond donors (Lipinski definition) is 1. The third kappa shape index (κ3) is 1.47. The normalized spacial score (nSPS) is 19.8. The summed E-state index contributed by atoms with van der Waals surface area (Å²) in [5.74, 6) is 0.363. The summed E-state index contributed by atoms with van der Waals surface area (Å²) in [5, 5.41) is 8.87. The molecule has 0 saturated carbocycles. The van der Waals surface area contributed by atoms with Crippen molar-refractivity contribution in [3.8, 4) is 0 Å². The van der Waals surface area contributed by atoms with Crippen molar-refractivity contribution in [1.82, 2.24) is 14.5 Å². The summed E-state index contributed by atoms with van der Waals surface area (Å²) in [7, 11) is 0. The van der Waals surface area contributed by atoms with Crippen molar-refractivity contribution in [3.63, 3.8) is 0 Å². The van der Waals surface area contributed by atoms with E-state index >= 15 is 0 Å². The zero-order valence-corrected chi connectivity index (χ0v) is 8.25. The van der Waals surface area contributed by atoms with E-state index in [2.05, 4.69) is 4.98 Å². The molecule has 6 heteroatoms. The van der Waals surface area contributed by atoms with Crippen LogP contribution in [0.1, 0.15) is 29.3 Å². The van der Waals surface area contributed by atoms with Crippen LogP contribution in [0.15, 0.2) is 6.20 Å². The van der Waals surface area contributed by atoms with Gasteiger partial charge in [0.15, 0.2) is 12.1 Å². The van der Waals surface area contributed by atoms with Gasteiger partial charge in [0.05, 0.1) is 24.5 Å². The van der Waals surface area contributed by atoms with Gasteiger partial charge in [-0.3, -0.25) is 4.79 Å². The Morgan fingerprint density at radius 1 is 1.73 bits per heavy atom. The Morgan fingerprint density at radius 3 is 3.07 bits per heavy atom. The van der Waals surface area contributed by atoms with Crippen LogP contribution in [0.5, 0.6) is 0 Å². The molecule has 1 aromatic rings. The van der Waals surface area contributed by atoms with Gasteiger partial charge in [-0.25, -0.2) is 9.78 Å². The van der Waals surface area contributed by atoms with Crippen LogP contribution in [0.4, 0.5) is 4.79 Å². The minimum absolute atomic E-state index is 0.0486. The predicted octanol–water partition coefficient (Wildman–Crippen LogP) is 0.750. The maximum Gasteiger partial charge on any atom is 0.407 e. The average molecular weight is 209 g/mol. The molecular weight excluding hydrogens is 198 g/mol. The molecular formula is C9H11N3O3. The molecule has 0 fully saturated rings. The van der Waals surface area contributed by atoms with Crippen LogP contribution in [0.25, 0.3) is 0 Å². The van der Waals surface area contributed by atoms with E-state index in [9.17, 15) is 9.59 Å². The van der Waals surface area contributed by atoms with E-state index in [1.807, 2.05) is 6.92 Å². The van der Waals surface area contributed by atoms with Crippen LogP contribution >= 0.6 is 0 Å². The zero-order chi connectivity index (χ0) is 11.0. The van der Waals surface area contributed by atoms with Crippen LogP contribution in [0.2, 0.25) is 0 Å². The molecule has 0 radical (unpaired) electrons. The van der Waals surface area contributed by atoms with Crippen LogP contribution < -0.4 is 0 Å². The monoisotopic (exact) mass is 209 g/mol. The second kappa shape index (κ2) is 3.38. The molecule has 0 bridgehead atoms. The lowest BCUT2D eigenvalue weighted by molar-refractivity contribution is 0.109. The number of carbonyl (C=O) groups excluding carboxylic acids is 1. The van der Waals surface area contributed by atoms with E-state index < -0.39 is 6.09 Å². The molecule has 6 nitrogen and oxygen atoms in total. The maximum absolute atomic E-state index is 10.8. The number of imidazole rings is 1. The largest absolute Gasteiger partial charge is 0.465 e. The van der Waals surface area contributed by atoms with Crippen molar-refractivity contribution in [2.75, 3.05) is 6.54 Å². The lowest BCUT2D eigenvalue weighted by Gasteiger charge is -2.31. The minimum atomic E-state index is -0.943. The first-order valence-electron chi connectivity index (χ1n) is 4.62. The fourth-order valence-corrected chi connectivity index (χ4v) is 1.93. The number of amides is 1. The molecule has 1 aliphatic heterocycles. The van der Waals surface area contributed by atoms with E-state index in [1.165, 1.54) is 4.90 Å². The van der Waals surface area contributed by atoms with E-state index in [1.54, 1.807) is 10.8 Å². The number of aldehydes is 1. The maximum atomic E-state index is 10.8. The van der Waals surface area contributed by atoms with Gasteiger partial charge in [0.1, 0.15) is 0 Å². The Bertz CT molecular complexity index is 413. The van der Waals surface area contributed by atoms with Gasteiger partial charge in [-0.15, -0.1) is 0 Å². The summed E-state index contributed by atoms with van der Waals surface area (Å²) in [6.45, 7) is 2.55. The van der Waals surface area contributed by atoms with Crippen molar-refractivity contribution in [3.05, 3.63) is 17.7 Å². The first kappa shape index (κ1) is 9.70. The third-order valence-electron chi connectivity index (χ3n) is 2.56. The van der Waals surface area contributed by atoms with Crippen molar-refractivity contribution >= 4 is 12.4 Å². The van der Waals surface area contributed by atoms with Gasteiger partial charge in [-0.05, 0) is 6.92 Å². The Hall–Kier alpha value is -1.85. The van der Waals surface area contributed by atoms with Gasteiger partial charge in [-0.2, -0.15) is 0 Å². The number of fused-ring (bicyclic) bond motifs is 1. The summed E-state index contributed by atoms with van der Waals surface area (Å²) >= 11 is 0. The van der Waals surface area contributed by atoms with Crippen molar-refractivity contribution in [1.29, 1.82) is 0 Å². The van der Waals surface area contributed by atoms with E-state index in [-0.39, 0.29) is 6.04 Å². The first-order chi connectivity index (χ1) is 7.13. The van der Waals surface area contributed by atoms with Crippen molar-refractivity contribution in [2.45, 2.75) is 19.5 Å². The lowest BCUT2D eigenvalue weighted by Crippen LogP contribution is -2.39. The number of carbonyl (C=O) groups is 2. The van der Waals surface area contributed by atoms with Crippen molar-refractivity contribution in [2.24, 2.45) is 0 Å². The van der Waals surface area contributed by atoms with E-state index in [0.29, 0.717) is 25.2 Å². The molecule has 1 aromatic heterocycles. The first-order valence-corrected chi connectivity index (χ1v) is 4.62. The standard InChI is InChI=1S/C9H11N3O3/c1-6-3-11(9(14)15)4-7-2-10-8(5-13)12(6)7/h2,5-6H,3-4H2,1H3,(H,14,15)/t6-/m0/s1. The summed E-state index contributed by atoms with van der Waals surface area (Å²) < 4.78 is 1.78. The third-order valence-corrected chi connectivity index (χ3v) is 2.56. The SMILES string of the molecule is C[C@H]1CN(C(=O)O)Cc2cnc(C=O)n21. The molecule has 1 atom stereocenters. The van der Waals surface area contributed by atoms with Gasteiger partial charge in [-0.1, -0.05) is 0 Å². The van der Waals surface area contributed by atoms with E-state index in [0.717, 1.165) is 5.69 Å². The second-order valence-corrected chi connectivity index (χ2v) is 3.61. The molecule has 0 aromatic carbocycles. The molecule has 15 heavy (non-hydrogen) atoms. The van der Waals surface area contributed by atoms with Gasteiger partial charge in [0.2, 0.25) is 0 Å². The van der Waals surface area contributed by atoms with Gasteiger partial charge >= 0.3 is 6.09 Å². The second-order valence-electron chi connectivity index (χ2n) is 3.61. The van der Waals surface area contributed by atoms with Gasteiger partial charge < -0.3 is 14.6 Å². The number of rotatable bonds is 1. The number of hydrogen-bond acceptors (Lipinski definition) is 3. The van der Waals surface area contributed by atoms with Crippen LogP contribution in [0.3, 0.4) is 0 Å². The molecule has 80 valence electrons. The average Bonchev–Trinajstić information content (AvgIpc) is 2.60. The molecule has 0 aliphatic carbocycles. The lowest BCUT2D eigenvalue weighted by atomic mass is 10.2. The van der Waals surface area contributed by atoms with Crippen LogP contribution in [-0.2, 0) is 6.54 Å². The highest BCUT2D eigenvalue weighted by molar-refractivity contribution is 5.70. The molecule has 1 N–H and O–H groups in total. The van der Waals surface area contributed by atoms with E-state index in [4.69, 9.17) is 5.11 Å². The Morgan fingerprint density at radius 2 is 2.47 bits per heavy atom.